The zero-order chi connectivity index (χ0) is 20.5. The second-order valence-corrected chi connectivity index (χ2v) is 8.12. The van der Waals surface area contributed by atoms with Crippen molar-refractivity contribution >= 4 is 35.2 Å². The molecule has 1 N–H and O–H groups in total. The number of hydrogen-bond donors (Lipinski definition) is 1. The number of aryl methyl sites for hydroxylation is 1. The molecular formula is C22H27ClN2O2S. The van der Waals surface area contributed by atoms with Gasteiger partial charge in [-0.25, -0.2) is 0 Å². The molecule has 0 fully saturated rings. The van der Waals surface area contributed by atoms with E-state index in [2.05, 4.69) is 36.5 Å². The maximum atomic E-state index is 12.9. The zero-order valence-corrected chi connectivity index (χ0v) is 18.1. The Morgan fingerprint density at radius 3 is 2.50 bits per heavy atom. The highest BCUT2D eigenvalue weighted by Gasteiger charge is 2.25. The molecule has 2 aromatic carbocycles. The molecule has 2 aromatic rings. The summed E-state index contributed by atoms with van der Waals surface area (Å²) in [6.07, 6.45) is 0. The third-order valence-corrected chi connectivity index (χ3v) is 5.60. The number of nitrogens with zero attached hydrogens (tertiary/aromatic N) is 1. The van der Waals surface area contributed by atoms with E-state index in [0.717, 1.165) is 11.3 Å². The van der Waals surface area contributed by atoms with Crippen molar-refractivity contribution in [2.24, 2.45) is 0 Å². The average Bonchev–Trinajstić information content (AvgIpc) is 2.67. The van der Waals surface area contributed by atoms with E-state index in [1.54, 1.807) is 29.7 Å². The number of likely N-dealkylation sites (N-methyl/N-ethyl adjacent to an activating group) is 1. The van der Waals surface area contributed by atoms with E-state index >= 15 is 0 Å². The number of halogens is 1. The zero-order valence-electron chi connectivity index (χ0n) is 16.6. The number of nitrogens with one attached hydrogen (secondary N) is 1. The summed E-state index contributed by atoms with van der Waals surface area (Å²) < 4.78 is 0. The summed E-state index contributed by atoms with van der Waals surface area (Å²) in [4.78, 5) is 26.9. The van der Waals surface area contributed by atoms with Gasteiger partial charge in [-0.2, -0.15) is 0 Å². The molecule has 2 amide bonds. The first-order chi connectivity index (χ1) is 13.4. The van der Waals surface area contributed by atoms with Gasteiger partial charge in [-0.15, -0.1) is 11.8 Å². The van der Waals surface area contributed by atoms with Crippen LogP contribution in [0.2, 0.25) is 5.02 Å². The van der Waals surface area contributed by atoms with Crippen molar-refractivity contribution in [3.63, 3.8) is 0 Å². The second kappa shape index (κ2) is 11.1. The molecule has 150 valence electrons. The standard InChI is InChI=1S/C22H27ClN2O2S/c1-4-24-22(27)17(3)25(13-19-6-5-7-20(23)12-19)21(26)15-28-14-18-10-8-16(2)9-11-18/h5-12,17H,4,13-15H2,1-3H3,(H,24,27)/t17-/m1/s1. The van der Waals surface area contributed by atoms with Crippen LogP contribution in [-0.2, 0) is 21.9 Å². The molecule has 0 aromatic heterocycles. The summed E-state index contributed by atoms with van der Waals surface area (Å²) in [7, 11) is 0. The molecule has 4 nitrogen and oxygen atoms in total. The number of hydrogen-bond acceptors (Lipinski definition) is 3. The van der Waals surface area contributed by atoms with Gasteiger partial charge >= 0.3 is 0 Å². The van der Waals surface area contributed by atoms with Crippen molar-refractivity contribution in [2.75, 3.05) is 12.3 Å². The molecule has 0 bridgehead atoms. The van der Waals surface area contributed by atoms with Crippen molar-refractivity contribution in [3.05, 3.63) is 70.2 Å². The van der Waals surface area contributed by atoms with Crippen LogP contribution < -0.4 is 5.32 Å². The number of carbonyl (C=O) groups excluding carboxylic acids is 2. The molecule has 0 saturated heterocycles. The van der Waals surface area contributed by atoms with Crippen LogP contribution in [0, 0.1) is 6.92 Å². The van der Waals surface area contributed by atoms with Crippen molar-refractivity contribution in [2.45, 2.75) is 39.1 Å². The monoisotopic (exact) mass is 418 g/mol. The first-order valence-electron chi connectivity index (χ1n) is 9.35. The topological polar surface area (TPSA) is 49.4 Å². The van der Waals surface area contributed by atoms with Gasteiger partial charge in [0.05, 0.1) is 5.75 Å². The van der Waals surface area contributed by atoms with Crippen LogP contribution in [0.25, 0.3) is 0 Å². The quantitative estimate of drug-likeness (QED) is 0.655. The van der Waals surface area contributed by atoms with Crippen molar-refractivity contribution in [3.8, 4) is 0 Å². The number of benzene rings is 2. The first-order valence-corrected chi connectivity index (χ1v) is 10.9. The molecule has 6 heteroatoms. The minimum Gasteiger partial charge on any atom is -0.355 e. The Morgan fingerprint density at radius 2 is 1.86 bits per heavy atom. The molecule has 2 rings (SSSR count). The Balaban J connectivity index is 2.04. The van der Waals surface area contributed by atoms with E-state index in [0.29, 0.717) is 23.9 Å². The summed E-state index contributed by atoms with van der Waals surface area (Å²) in [5.41, 5.74) is 3.30. The summed E-state index contributed by atoms with van der Waals surface area (Å²) in [5, 5.41) is 3.41. The van der Waals surface area contributed by atoms with Gasteiger partial charge in [0.2, 0.25) is 11.8 Å². The minimum absolute atomic E-state index is 0.0594. The molecule has 0 unspecified atom stereocenters. The van der Waals surface area contributed by atoms with Crippen molar-refractivity contribution in [1.29, 1.82) is 0 Å². The van der Waals surface area contributed by atoms with Crippen LogP contribution in [0.15, 0.2) is 48.5 Å². The van der Waals surface area contributed by atoms with Crippen LogP contribution >= 0.6 is 23.4 Å². The van der Waals surface area contributed by atoms with Crippen LogP contribution in [-0.4, -0.2) is 35.1 Å². The third kappa shape index (κ3) is 6.88. The highest BCUT2D eigenvalue weighted by molar-refractivity contribution is 7.99. The Kier molecular flexibility index (Phi) is 8.87. The third-order valence-electron chi connectivity index (χ3n) is 4.38. The number of thioether (sulfide) groups is 1. The van der Waals surface area contributed by atoms with Gasteiger partial charge in [0.25, 0.3) is 0 Å². The Hall–Kier alpha value is -1.98. The first kappa shape index (κ1) is 22.3. The number of amides is 2. The molecular weight excluding hydrogens is 392 g/mol. The molecule has 1 atom stereocenters. The summed E-state index contributed by atoms with van der Waals surface area (Å²) in [6, 6.07) is 15.1. The maximum Gasteiger partial charge on any atom is 0.242 e. The Labute approximate surface area is 176 Å². The van der Waals surface area contributed by atoms with Gasteiger partial charge in [-0.3, -0.25) is 9.59 Å². The average molecular weight is 419 g/mol. The highest BCUT2D eigenvalue weighted by atomic mass is 35.5. The van der Waals surface area contributed by atoms with Crippen LogP contribution in [0.5, 0.6) is 0 Å². The number of rotatable bonds is 9. The minimum atomic E-state index is -0.550. The predicted molar refractivity (Wildman–Crippen MR) is 117 cm³/mol. The fourth-order valence-corrected chi connectivity index (χ4v) is 3.84. The lowest BCUT2D eigenvalue weighted by Gasteiger charge is -2.28. The molecule has 0 aliphatic rings. The molecule has 28 heavy (non-hydrogen) atoms. The summed E-state index contributed by atoms with van der Waals surface area (Å²) >= 11 is 7.63. The normalized spacial score (nSPS) is 11.7. The lowest BCUT2D eigenvalue weighted by atomic mass is 10.1. The smallest absolute Gasteiger partial charge is 0.242 e. The summed E-state index contributed by atoms with van der Waals surface area (Å²) in [5.74, 6) is 0.863. The maximum absolute atomic E-state index is 12.9. The number of carbonyl (C=O) groups is 2. The van der Waals surface area contributed by atoms with Crippen molar-refractivity contribution < 1.29 is 9.59 Å². The molecule has 0 spiro atoms. The fourth-order valence-electron chi connectivity index (χ4n) is 2.76. The van der Waals surface area contributed by atoms with Gasteiger partial charge in [0, 0.05) is 23.9 Å². The summed E-state index contributed by atoms with van der Waals surface area (Å²) in [6.45, 7) is 6.56. The molecule has 0 saturated carbocycles. The van der Waals surface area contributed by atoms with Crippen LogP contribution in [0.1, 0.15) is 30.5 Å². The molecule has 0 heterocycles. The van der Waals surface area contributed by atoms with E-state index in [4.69, 9.17) is 11.6 Å². The van der Waals surface area contributed by atoms with Crippen LogP contribution in [0.3, 0.4) is 0 Å². The van der Waals surface area contributed by atoms with Gasteiger partial charge in [-0.05, 0) is 44.0 Å². The predicted octanol–water partition coefficient (Wildman–Crippen LogP) is 4.44. The van der Waals surface area contributed by atoms with E-state index in [1.807, 2.05) is 25.1 Å². The Morgan fingerprint density at radius 1 is 1.14 bits per heavy atom. The molecule has 0 aliphatic carbocycles. The van der Waals surface area contributed by atoms with E-state index in [1.165, 1.54) is 11.1 Å². The SMILES string of the molecule is CCNC(=O)[C@@H](C)N(Cc1cccc(Cl)c1)C(=O)CSCc1ccc(C)cc1. The largest absolute Gasteiger partial charge is 0.355 e. The lowest BCUT2D eigenvalue weighted by Crippen LogP contribution is -2.48. The van der Waals surface area contributed by atoms with E-state index < -0.39 is 6.04 Å². The lowest BCUT2D eigenvalue weighted by molar-refractivity contribution is -0.138. The van der Waals surface area contributed by atoms with E-state index in [9.17, 15) is 9.59 Å². The Bertz CT molecular complexity index is 795. The highest BCUT2D eigenvalue weighted by Crippen LogP contribution is 2.18. The van der Waals surface area contributed by atoms with Gasteiger partial charge in [-0.1, -0.05) is 53.6 Å². The van der Waals surface area contributed by atoms with Gasteiger partial charge < -0.3 is 10.2 Å². The molecule has 0 aliphatic heterocycles. The van der Waals surface area contributed by atoms with E-state index in [-0.39, 0.29) is 11.8 Å². The van der Waals surface area contributed by atoms with Crippen molar-refractivity contribution in [1.82, 2.24) is 10.2 Å². The second-order valence-electron chi connectivity index (χ2n) is 6.70. The van der Waals surface area contributed by atoms with Gasteiger partial charge in [0.1, 0.15) is 6.04 Å². The fraction of sp³-hybridized carbons (Fsp3) is 0.364. The molecule has 0 radical (unpaired) electrons. The van der Waals surface area contributed by atoms with Gasteiger partial charge in [0.15, 0.2) is 0 Å². The van der Waals surface area contributed by atoms with Crippen LogP contribution in [0.4, 0.5) is 0 Å².